The van der Waals surface area contributed by atoms with Gasteiger partial charge in [-0.05, 0) is 55.2 Å². The summed E-state index contributed by atoms with van der Waals surface area (Å²) < 4.78 is 10.2. The highest BCUT2D eigenvalue weighted by Crippen LogP contribution is 2.38. The van der Waals surface area contributed by atoms with Crippen molar-refractivity contribution in [1.82, 2.24) is 0 Å². The van der Waals surface area contributed by atoms with E-state index in [1.807, 2.05) is 12.1 Å². The number of ether oxygens (including phenoxy) is 2. The van der Waals surface area contributed by atoms with Crippen molar-refractivity contribution in [2.24, 2.45) is 5.92 Å². The number of hydrogen-bond donors (Lipinski definition) is 0. The summed E-state index contributed by atoms with van der Waals surface area (Å²) in [5.74, 6) is 1.88. The van der Waals surface area contributed by atoms with Crippen molar-refractivity contribution in [1.29, 1.82) is 0 Å². The summed E-state index contributed by atoms with van der Waals surface area (Å²) >= 11 is 0. The number of rotatable bonds is 9. The maximum atomic E-state index is 11.0. The minimum absolute atomic E-state index is 0.0763. The normalized spacial score (nSPS) is 20.4. The van der Waals surface area contributed by atoms with Crippen LogP contribution in [0.4, 0.5) is 0 Å². The Balaban J connectivity index is 1.73. The third kappa shape index (κ3) is 6.03. The van der Waals surface area contributed by atoms with Crippen molar-refractivity contribution >= 4 is 5.97 Å². The maximum Gasteiger partial charge on any atom is 0.333 e. The molecule has 0 radical (unpaired) electrons. The molecule has 0 heterocycles. The highest BCUT2D eigenvalue weighted by atomic mass is 16.7. The van der Waals surface area contributed by atoms with Crippen molar-refractivity contribution in [2.45, 2.75) is 64.2 Å². The quantitative estimate of drug-likeness (QED) is 0.256. The minimum Gasteiger partial charge on any atom is -0.457 e. The zero-order chi connectivity index (χ0) is 17.2. The van der Waals surface area contributed by atoms with Crippen molar-refractivity contribution in [3.63, 3.8) is 0 Å². The van der Waals surface area contributed by atoms with Gasteiger partial charge in [-0.1, -0.05) is 51.3 Å². The van der Waals surface area contributed by atoms with Crippen molar-refractivity contribution < 1.29 is 14.3 Å². The molecule has 1 aliphatic carbocycles. The fourth-order valence-corrected chi connectivity index (χ4v) is 3.52. The first-order valence-corrected chi connectivity index (χ1v) is 9.25. The maximum absolute atomic E-state index is 11.0. The Labute approximate surface area is 146 Å². The topological polar surface area (TPSA) is 35.5 Å². The largest absolute Gasteiger partial charge is 0.457 e. The first-order valence-electron chi connectivity index (χ1n) is 9.25. The van der Waals surface area contributed by atoms with Crippen LogP contribution in [0.1, 0.15) is 69.8 Å². The molecule has 1 aromatic carbocycles. The summed E-state index contributed by atoms with van der Waals surface area (Å²) in [6.07, 6.45) is 12.0. The lowest BCUT2D eigenvalue weighted by Crippen LogP contribution is -2.13. The number of hydrogen-bond acceptors (Lipinski definition) is 3. The molecular formula is C21H30O3. The van der Waals surface area contributed by atoms with E-state index in [0.717, 1.165) is 17.7 Å². The van der Waals surface area contributed by atoms with Gasteiger partial charge in [0.2, 0.25) is 6.79 Å². The van der Waals surface area contributed by atoms with E-state index in [2.05, 4.69) is 25.6 Å². The summed E-state index contributed by atoms with van der Waals surface area (Å²) in [4.78, 5) is 11.0. The molecule has 3 heteroatoms. The molecule has 24 heavy (non-hydrogen) atoms. The number of esters is 1. The summed E-state index contributed by atoms with van der Waals surface area (Å²) in [6.45, 7) is 5.54. The third-order valence-corrected chi connectivity index (χ3v) is 5.01. The van der Waals surface area contributed by atoms with E-state index in [4.69, 9.17) is 9.47 Å². The molecule has 1 aromatic rings. The molecule has 2 rings (SSSR count). The zero-order valence-corrected chi connectivity index (χ0v) is 14.8. The van der Waals surface area contributed by atoms with Crippen LogP contribution in [0, 0.1) is 5.92 Å². The molecule has 1 saturated carbocycles. The molecule has 0 amide bonds. The predicted molar refractivity (Wildman–Crippen MR) is 97.1 cm³/mol. The molecule has 1 aliphatic rings. The van der Waals surface area contributed by atoms with Crippen LogP contribution >= 0.6 is 0 Å². The van der Waals surface area contributed by atoms with Gasteiger partial charge in [-0.2, -0.15) is 0 Å². The smallest absolute Gasteiger partial charge is 0.333 e. The van der Waals surface area contributed by atoms with Crippen molar-refractivity contribution in [2.75, 3.05) is 6.79 Å². The Bertz CT molecular complexity index is 498. The monoisotopic (exact) mass is 330 g/mol. The van der Waals surface area contributed by atoms with E-state index in [9.17, 15) is 4.79 Å². The molecule has 0 aromatic heterocycles. The standard InChI is InChI=1S/C21H30O3/c1-3-5-6-7-17-8-10-18(11-9-17)19-12-14-20(15-13-19)23-16-24-21(22)4-2/h4,12-15,17-18H,2-3,5-11,16H2,1H3. The highest BCUT2D eigenvalue weighted by Gasteiger charge is 2.21. The fraction of sp³-hybridized carbons (Fsp3) is 0.571. The lowest BCUT2D eigenvalue weighted by Gasteiger charge is -2.29. The zero-order valence-electron chi connectivity index (χ0n) is 14.8. The lowest BCUT2D eigenvalue weighted by atomic mass is 9.77. The van der Waals surface area contributed by atoms with Crippen LogP contribution in [0.5, 0.6) is 5.75 Å². The molecule has 0 atom stereocenters. The molecule has 0 saturated heterocycles. The Morgan fingerprint density at radius 2 is 1.88 bits per heavy atom. The van der Waals surface area contributed by atoms with Gasteiger partial charge >= 0.3 is 5.97 Å². The number of unbranched alkanes of at least 4 members (excludes halogenated alkanes) is 2. The van der Waals surface area contributed by atoms with Crippen LogP contribution in [0.25, 0.3) is 0 Å². The van der Waals surface area contributed by atoms with E-state index in [-0.39, 0.29) is 6.79 Å². The summed E-state index contributed by atoms with van der Waals surface area (Å²) in [7, 11) is 0. The average Bonchev–Trinajstić information content (AvgIpc) is 2.63. The Morgan fingerprint density at radius 1 is 1.17 bits per heavy atom. The Morgan fingerprint density at radius 3 is 2.50 bits per heavy atom. The van der Waals surface area contributed by atoms with Crippen LogP contribution in [0.2, 0.25) is 0 Å². The molecule has 0 bridgehead atoms. The van der Waals surface area contributed by atoms with Crippen LogP contribution in [-0.4, -0.2) is 12.8 Å². The van der Waals surface area contributed by atoms with Crippen molar-refractivity contribution in [3.05, 3.63) is 42.5 Å². The van der Waals surface area contributed by atoms with Crippen LogP contribution in [0.3, 0.4) is 0 Å². The van der Waals surface area contributed by atoms with E-state index in [0.29, 0.717) is 5.92 Å². The van der Waals surface area contributed by atoms with Gasteiger partial charge in [-0.15, -0.1) is 0 Å². The van der Waals surface area contributed by atoms with Crippen LogP contribution in [0.15, 0.2) is 36.9 Å². The summed E-state index contributed by atoms with van der Waals surface area (Å²) in [5, 5.41) is 0. The second-order valence-electron chi connectivity index (χ2n) is 6.71. The SMILES string of the molecule is C=CC(=O)OCOc1ccc(C2CCC(CCCCC)CC2)cc1. The Hall–Kier alpha value is -1.77. The minimum atomic E-state index is -0.470. The van der Waals surface area contributed by atoms with Crippen LogP contribution in [-0.2, 0) is 9.53 Å². The first kappa shape index (κ1) is 18.6. The van der Waals surface area contributed by atoms with E-state index in [1.54, 1.807) is 0 Å². The highest BCUT2D eigenvalue weighted by molar-refractivity contribution is 5.81. The number of benzene rings is 1. The molecule has 3 nitrogen and oxygen atoms in total. The lowest BCUT2D eigenvalue weighted by molar-refractivity contribution is -0.144. The van der Waals surface area contributed by atoms with Gasteiger partial charge in [0.1, 0.15) is 5.75 Å². The number of carbonyl (C=O) groups is 1. The van der Waals surface area contributed by atoms with E-state index >= 15 is 0 Å². The van der Waals surface area contributed by atoms with Gasteiger partial charge < -0.3 is 9.47 Å². The van der Waals surface area contributed by atoms with E-state index < -0.39 is 5.97 Å². The van der Waals surface area contributed by atoms with Gasteiger partial charge in [0.05, 0.1) is 0 Å². The van der Waals surface area contributed by atoms with Gasteiger partial charge in [0, 0.05) is 6.08 Å². The molecule has 0 unspecified atom stereocenters. The average molecular weight is 330 g/mol. The second-order valence-corrected chi connectivity index (χ2v) is 6.71. The Kier molecular flexibility index (Phi) is 7.87. The summed E-state index contributed by atoms with van der Waals surface area (Å²) in [6, 6.07) is 8.22. The molecule has 0 N–H and O–H groups in total. The van der Waals surface area contributed by atoms with Gasteiger partial charge in [-0.3, -0.25) is 0 Å². The molecular weight excluding hydrogens is 300 g/mol. The fourth-order valence-electron chi connectivity index (χ4n) is 3.52. The van der Waals surface area contributed by atoms with Crippen LogP contribution < -0.4 is 4.74 Å². The molecule has 0 spiro atoms. The first-order chi connectivity index (χ1) is 11.7. The van der Waals surface area contributed by atoms with Gasteiger partial charge in [-0.25, -0.2) is 4.79 Å². The molecule has 1 fully saturated rings. The van der Waals surface area contributed by atoms with E-state index in [1.165, 1.54) is 56.9 Å². The number of carbonyl (C=O) groups excluding carboxylic acids is 1. The second kappa shape index (κ2) is 10.2. The van der Waals surface area contributed by atoms with Gasteiger partial charge in [0.15, 0.2) is 0 Å². The molecule has 0 aliphatic heterocycles. The predicted octanol–water partition coefficient (Wildman–Crippen LogP) is 5.61. The van der Waals surface area contributed by atoms with Gasteiger partial charge in [0.25, 0.3) is 0 Å². The third-order valence-electron chi connectivity index (χ3n) is 5.01. The summed E-state index contributed by atoms with van der Waals surface area (Å²) in [5.41, 5.74) is 1.40. The van der Waals surface area contributed by atoms with Crippen molar-refractivity contribution in [3.8, 4) is 5.75 Å². The molecule has 132 valence electrons.